The normalized spacial score (nSPS) is 12.6. The Morgan fingerprint density at radius 2 is 2.21 bits per heavy atom. The fraction of sp³-hybridized carbons (Fsp3) is 0.455. The van der Waals surface area contributed by atoms with Crippen molar-refractivity contribution in [1.82, 2.24) is 0 Å². The fourth-order valence-corrected chi connectivity index (χ4v) is 1.84. The average molecular weight is 259 g/mol. The molecule has 0 aliphatic carbocycles. The van der Waals surface area contributed by atoms with Crippen LogP contribution in [0.4, 0.5) is 0 Å². The molecule has 14 heavy (non-hydrogen) atoms. The molecule has 0 aromatic heterocycles. The summed E-state index contributed by atoms with van der Waals surface area (Å²) < 4.78 is 6.04. The molecule has 0 saturated carbocycles. The van der Waals surface area contributed by atoms with Gasteiger partial charge in [-0.2, -0.15) is 0 Å². The summed E-state index contributed by atoms with van der Waals surface area (Å²) in [4.78, 5) is 0. The standard InChI is InChI=1S/C11H15BrO2/c1-3-4-11(13)9-7-8(14-2)5-6-10(9)12/h5-7,11,13H,3-4H2,1-2H3. The first kappa shape index (κ1) is 11.5. The van der Waals surface area contributed by atoms with Crippen molar-refractivity contribution in [3.8, 4) is 5.75 Å². The van der Waals surface area contributed by atoms with Crippen molar-refractivity contribution in [3.63, 3.8) is 0 Å². The fourth-order valence-electron chi connectivity index (χ4n) is 1.33. The van der Waals surface area contributed by atoms with Gasteiger partial charge in [0.25, 0.3) is 0 Å². The lowest BCUT2D eigenvalue weighted by Gasteiger charge is -2.12. The second-order valence-corrected chi connectivity index (χ2v) is 4.05. The Hall–Kier alpha value is -0.540. The smallest absolute Gasteiger partial charge is 0.119 e. The molecule has 1 rings (SSSR count). The predicted molar refractivity (Wildman–Crippen MR) is 60.6 cm³/mol. The first-order chi connectivity index (χ1) is 6.69. The minimum absolute atomic E-state index is 0.413. The first-order valence-corrected chi connectivity index (χ1v) is 5.49. The first-order valence-electron chi connectivity index (χ1n) is 4.70. The van der Waals surface area contributed by atoms with E-state index in [9.17, 15) is 5.11 Å². The molecule has 1 aromatic carbocycles. The van der Waals surface area contributed by atoms with Crippen LogP contribution in [0, 0.1) is 0 Å². The van der Waals surface area contributed by atoms with Gasteiger partial charge in [-0.05, 0) is 30.2 Å². The van der Waals surface area contributed by atoms with Crippen LogP contribution in [-0.4, -0.2) is 12.2 Å². The molecular formula is C11H15BrO2. The minimum atomic E-state index is -0.413. The average Bonchev–Trinajstić information content (AvgIpc) is 2.19. The molecule has 1 unspecified atom stereocenters. The molecule has 0 fully saturated rings. The van der Waals surface area contributed by atoms with Gasteiger partial charge >= 0.3 is 0 Å². The van der Waals surface area contributed by atoms with E-state index in [2.05, 4.69) is 22.9 Å². The van der Waals surface area contributed by atoms with Crippen LogP contribution in [-0.2, 0) is 0 Å². The Labute approximate surface area is 93.0 Å². The Morgan fingerprint density at radius 1 is 1.50 bits per heavy atom. The highest BCUT2D eigenvalue weighted by molar-refractivity contribution is 9.10. The molecule has 1 aromatic rings. The number of methoxy groups -OCH3 is 1. The largest absolute Gasteiger partial charge is 0.497 e. The van der Waals surface area contributed by atoms with Crippen molar-refractivity contribution in [3.05, 3.63) is 28.2 Å². The second-order valence-electron chi connectivity index (χ2n) is 3.19. The van der Waals surface area contributed by atoms with E-state index in [0.717, 1.165) is 28.6 Å². The van der Waals surface area contributed by atoms with Crippen molar-refractivity contribution in [1.29, 1.82) is 0 Å². The van der Waals surface area contributed by atoms with Crippen LogP contribution in [0.5, 0.6) is 5.75 Å². The summed E-state index contributed by atoms with van der Waals surface area (Å²) in [6, 6.07) is 5.63. The van der Waals surface area contributed by atoms with E-state index in [1.54, 1.807) is 7.11 Å². The number of halogens is 1. The maximum atomic E-state index is 9.84. The van der Waals surface area contributed by atoms with Gasteiger partial charge < -0.3 is 9.84 Å². The second kappa shape index (κ2) is 5.37. The summed E-state index contributed by atoms with van der Waals surface area (Å²) in [7, 11) is 1.62. The summed E-state index contributed by atoms with van der Waals surface area (Å²) >= 11 is 3.41. The molecule has 0 aliphatic heterocycles. The topological polar surface area (TPSA) is 29.5 Å². The van der Waals surface area contributed by atoms with E-state index in [4.69, 9.17) is 4.74 Å². The van der Waals surface area contributed by atoms with Gasteiger partial charge in [-0.25, -0.2) is 0 Å². The van der Waals surface area contributed by atoms with Crippen LogP contribution >= 0.6 is 15.9 Å². The van der Waals surface area contributed by atoms with E-state index in [1.807, 2.05) is 18.2 Å². The maximum absolute atomic E-state index is 9.84. The van der Waals surface area contributed by atoms with Gasteiger partial charge in [-0.1, -0.05) is 29.3 Å². The number of ether oxygens (including phenoxy) is 1. The summed E-state index contributed by atoms with van der Waals surface area (Å²) in [6.07, 6.45) is 1.32. The monoisotopic (exact) mass is 258 g/mol. The zero-order valence-corrected chi connectivity index (χ0v) is 10.0. The van der Waals surface area contributed by atoms with Gasteiger partial charge in [-0.15, -0.1) is 0 Å². The number of aliphatic hydroxyl groups is 1. The number of aliphatic hydroxyl groups excluding tert-OH is 1. The molecule has 0 aliphatic rings. The zero-order chi connectivity index (χ0) is 10.6. The van der Waals surface area contributed by atoms with Gasteiger partial charge in [0.1, 0.15) is 5.75 Å². The lowest BCUT2D eigenvalue weighted by molar-refractivity contribution is 0.165. The highest BCUT2D eigenvalue weighted by Gasteiger charge is 2.11. The van der Waals surface area contributed by atoms with Crippen molar-refractivity contribution in [2.45, 2.75) is 25.9 Å². The Balaban J connectivity index is 2.93. The quantitative estimate of drug-likeness (QED) is 0.899. The van der Waals surface area contributed by atoms with Crippen LogP contribution in [0.25, 0.3) is 0 Å². The molecule has 1 atom stereocenters. The molecule has 0 spiro atoms. The molecule has 0 bridgehead atoms. The number of hydrogen-bond donors (Lipinski definition) is 1. The Bertz CT molecular complexity index is 299. The molecular weight excluding hydrogens is 244 g/mol. The van der Waals surface area contributed by atoms with Crippen molar-refractivity contribution < 1.29 is 9.84 Å². The van der Waals surface area contributed by atoms with Gasteiger partial charge in [0.05, 0.1) is 13.2 Å². The van der Waals surface area contributed by atoms with Crippen LogP contribution in [0.15, 0.2) is 22.7 Å². The van der Waals surface area contributed by atoms with Crippen LogP contribution in [0.1, 0.15) is 31.4 Å². The minimum Gasteiger partial charge on any atom is -0.497 e. The van der Waals surface area contributed by atoms with Gasteiger partial charge in [-0.3, -0.25) is 0 Å². The van der Waals surface area contributed by atoms with E-state index in [0.29, 0.717) is 0 Å². The highest BCUT2D eigenvalue weighted by Crippen LogP contribution is 2.29. The van der Waals surface area contributed by atoms with Crippen LogP contribution < -0.4 is 4.74 Å². The van der Waals surface area contributed by atoms with Crippen LogP contribution in [0.3, 0.4) is 0 Å². The zero-order valence-electron chi connectivity index (χ0n) is 8.46. The Morgan fingerprint density at radius 3 is 2.79 bits per heavy atom. The molecule has 3 heteroatoms. The third-order valence-electron chi connectivity index (χ3n) is 2.12. The number of rotatable bonds is 4. The summed E-state index contributed by atoms with van der Waals surface area (Å²) in [5.74, 6) is 0.776. The van der Waals surface area contributed by atoms with Gasteiger partial charge in [0.2, 0.25) is 0 Å². The summed E-state index contributed by atoms with van der Waals surface area (Å²) in [5.41, 5.74) is 0.895. The highest BCUT2D eigenvalue weighted by atomic mass is 79.9. The molecule has 0 saturated heterocycles. The lowest BCUT2D eigenvalue weighted by atomic mass is 10.1. The molecule has 0 heterocycles. The maximum Gasteiger partial charge on any atom is 0.119 e. The van der Waals surface area contributed by atoms with Crippen molar-refractivity contribution >= 4 is 15.9 Å². The van der Waals surface area contributed by atoms with E-state index < -0.39 is 6.10 Å². The molecule has 78 valence electrons. The van der Waals surface area contributed by atoms with E-state index in [1.165, 1.54) is 0 Å². The lowest BCUT2D eigenvalue weighted by Crippen LogP contribution is -1.98. The van der Waals surface area contributed by atoms with Crippen LogP contribution in [0.2, 0.25) is 0 Å². The predicted octanol–water partition coefficient (Wildman–Crippen LogP) is 3.29. The third-order valence-corrected chi connectivity index (χ3v) is 2.85. The number of benzene rings is 1. The van der Waals surface area contributed by atoms with E-state index in [-0.39, 0.29) is 0 Å². The van der Waals surface area contributed by atoms with Crippen molar-refractivity contribution in [2.24, 2.45) is 0 Å². The molecule has 1 N–H and O–H groups in total. The SMILES string of the molecule is CCCC(O)c1cc(OC)ccc1Br. The summed E-state index contributed by atoms with van der Waals surface area (Å²) in [5, 5.41) is 9.84. The molecule has 2 nitrogen and oxygen atoms in total. The third kappa shape index (κ3) is 2.72. The van der Waals surface area contributed by atoms with Gasteiger partial charge in [0.15, 0.2) is 0 Å². The van der Waals surface area contributed by atoms with Crippen molar-refractivity contribution in [2.75, 3.05) is 7.11 Å². The van der Waals surface area contributed by atoms with Gasteiger partial charge in [0, 0.05) is 4.47 Å². The molecule has 0 amide bonds. The number of hydrogen-bond acceptors (Lipinski definition) is 2. The van der Waals surface area contributed by atoms with E-state index >= 15 is 0 Å². The summed E-state index contributed by atoms with van der Waals surface area (Å²) in [6.45, 7) is 2.05. The molecule has 0 radical (unpaired) electrons. The Kier molecular flexibility index (Phi) is 4.42.